The van der Waals surface area contributed by atoms with E-state index in [0.717, 1.165) is 23.4 Å². The molecule has 1 saturated heterocycles. The maximum absolute atomic E-state index is 11.7. The molecule has 1 fully saturated rings. The van der Waals surface area contributed by atoms with Crippen molar-refractivity contribution >= 4 is 28.0 Å². The SMILES string of the molecule is Nc1nc(C2CCCN2C(=O)CO)c2sccn12. The number of amides is 1. The van der Waals surface area contributed by atoms with Crippen LogP contribution in [-0.2, 0) is 4.79 Å². The molecule has 0 saturated carbocycles. The first-order chi connectivity index (χ1) is 8.72. The zero-order valence-electron chi connectivity index (χ0n) is 9.74. The molecule has 0 aromatic carbocycles. The number of fused-ring (bicyclic) bond motifs is 1. The van der Waals surface area contributed by atoms with Crippen LogP contribution >= 0.6 is 11.3 Å². The van der Waals surface area contributed by atoms with E-state index < -0.39 is 6.61 Å². The number of likely N-dealkylation sites (tertiary alicyclic amines) is 1. The maximum Gasteiger partial charge on any atom is 0.248 e. The van der Waals surface area contributed by atoms with E-state index in [1.54, 1.807) is 16.2 Å². The Morgan fingerprint density at radius 1 is 1.67 bits per heavy atom. The third-order valence-electron chi connectivity index (χ3n) is 3.33. The molecule has 1 aliphatic heterocycles. The van der Waals surface area contributed by atoms with Crippen molar-refractivity contribution in [1.29, 1.82) is 0 Å². The molecule has 0 aliphatic carbocycles. The van der Waals surface area contributed by atoms with Crippen LogP contribution in [0.3, 0.4) is 0 Å². The number of hydrogen-bond acceptors (Lipinski definition) is 5. The molecule has 0 radical (unpaired) electrons. The number of nitrogens with two attached hydrogens (primary N) is 1. The zero-order valence-corrected chi connectivity index (χ0v) is 10.6. The monoisotopic (exact) mass is 266 g/mol. The second kappa shape index (κ2) is 4.25. The highest BCUT2D eigenvalue weighted by atomic mass is 32.1. The average molecular weight is 266 g/mol. The fourth-order valence-corrected chi connectivity index (χ4v) is 3.41. The van der Waals surface area contributed by atoms with Crippen molar-refractivity contribution < 1.29 is 9.90 Å². The molecule has 0 spiro atoms. The van der Waals surface area contributed by atoms with Crippen LogP contribution in [0.1, 0.15) is 24.6 Å². The van der Waals surface area contributed by atoms with E-state index in [9.17, 15) is 4.79 Å². The molecule has 3 heterocycles. The molecule has 18 heavy (non-hydrogen) atoms. The molecule has 3 N–H and O–H groups in total. The van der Waals surface area contributed by atoms with Crippen LogP contribution in [0.25, 0.3) is 4.83 Å². The molecule has 3 rings (SSSR count). The highest BCUT2D eigenvalue weighted by Gasteiger charge is 2.33. The molecule has 2 aromatic rings. The summed E-state index contributed by atoms with van der Waals surface area (Å²) < 4.78 is 1.83. The molecule has 1 unspecified atom stereocenters. The number of thiazole rings is 1. The third-order valence-corrected chi connectivity index (χ3v) is 4.22. The van der Waals surface area contributed by atoms with Crippen LogP contribution in [0.5, 0.6) is 0 Å². The molecule has 7 heteroatoms. The first-order valence-corrected chi connectivity index (χ1v) is 6.71. The van der Waals surface area contributed by atoms with Gasteiger partial charge in [-0.05, 0) is 12.8 Å². The van der Waals surface area contributed by atoms with E-state index in [0.29, 0.717) is 12.5 Å². The van der Waals surface area contributed by atoms with Gasteiger partial charge in [0.1, 0.15) is 17.1 Å². The number of aliphatic hydroxyl groups excluding tert-OH is 1. The first-order valence-electron chi connectivity index (χ1n) is 5.83. The topological polar surface area (TPSA) is 83.9 Å². The number of aliphatic hydroxyl groups is 1. The molecule has 96 valence electrons. The number of aromatic nitrogens is 2. The minimum Gasteiger partial charge on any atom is -0.387 e. The lowest BCUT2D eigenvalue weighted by Crippen LogP contribution is -2.32. The summed E-state index contributed by atoms with van der Waals surface area (Å²) in [7, 11) is 0. The number of anilines is 1. The van der Waals surface area contributed by atoms with Gasteiger partial charge in [0, 0.05) is 18.1 Å². The minimum absolute atomic E-state index is 0.0596. The van der Waals surface area contributed by atoms with Crippen LogP contribution in [0.2, 0.25) is 0 Å². The number of rotatable bonds is 2. The summed E-state index contributed by atoms with van der Waals surface area (Å²) in [4.78, 5) is 18.7. The second-order valence-electron chi connectivity index (χ2n) is 4.34. The summed E-state index contributed by atoms with van der Waals surface area (Å²) >= 11 is 1.56. The van der Waals surface area contributed by atoms with E-state index >= 15 is 0 Å². The molecule has 6 nitrogen and oxygen atoms in total. The molecule has 1 aliphatic rings. The maximum atomic E-state index is 11.7. The Morgan fingerprint density at radius 2 is 2.50 bits per heavy atom. The largest absolute Gasteiger partial charge is 0.387 e. The van der Waals surface area contributed by atoms with Crippen molar-refractivity contribution in [3.8, 4) is 0 Å². The van der Waals surface area contributed by atoms with Crippen molar-refractivity contribution in [2.75, 3.05) is 18.9 Å². The fraction of sp³-hybridized carbons (Fsp3) is 0.455. The molecule has 1 amide bonds. The van der Waals surface area contributed by atoms with Gasteiger partial charge in [0.25, 0.3) is 0 Å². The molecule has 0 bridgehead atoms. The third kappa shape index (κ3) is 1.58. The number of carbonyl (C=O) groups excluding carboxylic acids is 1. The Kier molecular flexibility index (Phi) is 2.71. The Morgan fingerprint density at radius 3 is 3.28 bits per heavy atom. The van der Waals surface area contributed by atoms with Gasteiger partial charge in [-0.15, -0.1) is 11.3 Å². The van der Waals surface area contributed by atoms with Crippen LogP contribution in [0, 0.1) is 0 Å². The normalized spacial score (nSPS) is 19.8. The lowest BCUT2D eigenvalue weighted by atomic mass is 10.1. The molecule has 2 aromatic heterocycles. The lowest BCUT2D eigenvalue weighted by molar-refractivity contribution is -0.135. The number of nitrogens with zero attached hydrogens (tertiary/aromatic N) is 3. The number of nitrogen functional groups attached to an aromatic ring is 1. The highest BCUT2D eigenvalue weighted by Crippen LogP contribution is 2.36. The molecular weight excluding hydrogens is 252 g/mol. The number of hydrogen-bond donors (Lipinski definition) is 2. The average Bonchev–Trinajstić information content (AvgIpc) is 3.05. The van der Waals surface area contributed by atoms with Gasteiger partial charge in [0.15, 0.2) is 0 Å². The minimum atomic E-state index is -0.451. The highest BCUT2D eigenvalue weighted by molar-refractivity contribution is 7.15. The van der Waals surface area contributed by atoms with Crippen molar-refractivity contribution in [2.24, 2.45) is 0 Å². The smallest absolute Gasteiger partial charge is 0.248 e. The van der Waals surface area contributed by atoms with Gasteiger partial charge < -0.3 is 15.7 Å². The molecular formula is C11H14N4O2S. The van der Waals surface area contributed by atoms with Gasteiger partial charge in [-0.25, -0.2) is 4.98 Å². The van der Waals surface area contributed by atoms with Crippen LogP contribution in [-0.4, -0.2) is 38.4 Å². The van der Waals surface area contributed by atoms with Crippen LogP contribution < -0.4 is 5.73 Å². The van der Waals surface area contributed by atoms with Gasteiger partial charge in [0.05, 0.1) is 6.04 Å². The summed E-state index contributed by atoms with van der Waals surface area (Å²) in [5.74, 6) is 0.207. The number of imidazole rings is 1. The van der Waals surface area contributed by atoms with Crippen molar-refractivity contribution in [3.05, 3.63) is 17.3 Å². The predicted molar refractivity (Wildman–Crippen MR) is 68.3 cm³/mol. The quantitative estimate of drug-likeness (QED) is 0.835. The number of carbonyl (C=O) groups is 1. The van der Waals surface area contributed by atoms with Crippen molar-refractivity contribution in [1.82, 2.24) is 14.3 Å². The summed E-state index contributed by atoms with van der Waals surface area (Å²) in [6.07, 6.45) is 3.68. The Labute approximate surface area is 108 Å². The van der Waals surface area contributed by atoms with Crippen LogP contribution in [0.15, 0.2) is 11.6 Å². The predicted octanol–water partition coefficient (Wildman–Crippen LogP) is 0.634. The summed E-state index contributed by atoms with van der Waals surface area (Å²) in [5, 5.41) is 10.9. The van der Waals surface area contributed by atoms with E-state index in [4.69, 9.17) is 10.8 Å². The van der Waals surface area contributed by atoms with Gasteiger partial charge >= 0.3 is 0 Å². The second-order valence-corrected chi connectivity index (χ2v) is 5.23. The Balaban J connectivity index is 2.03. The fourth-order valence-electron chi connectivity index (χ4n) is 2.53. The van der Waals surface area contributed by atoms with Gasteiger partial charge in [-0.1, -0.05) is 0 Å². The summed E-state index contributed by atoms with van der Waals surface area (Å²) in [6.45, 7) is 0.224. The van der Waals surface area contributed by atoms with Crippen molar-refractivity contribution in [2.45, 2.75) is 18.9 Å². The van der Waals surface area contributed by atoms with Crippen LogP contribution in [0.4, 0.5) is 5.95 Å². The molecule has 1 atom stereocenters. The van der Waals surface area contributed by atoms with E-state index in [2.05, 4.69) is 4.98 Å². The van der Waals surface area contributed by atoms with Gasteiger partial charge in [-0.3, -0.25) is 9.20 Å². The van der Waals surface area contributed by atoms with E-state index in [1.807, 2.05) is 16.0 Å². The first kappa shape index (κ1) is 11.5. The standard InChI is InChI=1S/C11H14N4O2S/c12-11-13-9(10-15(11)4-5-18-10)7-2-1-3-14(7)8(17)6-16/h4-5,7,16H,1-3,6H2,(H2,12,13). The van der Waals surface area contributed by atoms with E-state index in [1.165, 1.54) is 0 Å². The van der Waals surface area contributed by atoms with Gasteiger partial charge in [-0.2, -0.15) is 0 Å². The summed E-state index contributed by atoms with van der Waals surface area (Å²) in [6, 6.07) is -0.0596. The lowest BCUT2D eigenvalue weighted by Gasteiger charge is -2.22. The van der Waals surface area contributed by atoms with Crippen molar-refractivity contribution in [3.63, 3.8) is 0 Å². The Hall–Kier alpha value is -1.60. The Bertz CT molecular complexity index is 591. The zero-order chi connectivity index (χ0) is 12.7. The summed E-state index contributed by atoms with van der Waals surface area (Å²) in [5.41, 5.74) is 6.70. The van der Waals surface area contributed by atoms with Gasteiger partial charge in [0.2, 0.25) is 11.9 Å². The van der Waals surface area contributed by atoms with E-state index in [-0.39, 0.29) is 11.9 Å².